The number of hydrogen-bond donors (Lipinski definition) is 1. The average molecular weight is 455 g/mol. The molecule has 0 radical (unpaired) electrons. The van der Waals surface area contributed by atoms with Gasteiger partial charge in [-0.15, -0.1) is 0 Å². The Morgan fingerprint density at radius 2 is 1.97 bits per heavy atom. The summed E-state index contributed by atoms with van der Waals surface area (Å²) in [5, 5.41) is 4.36. The topological polar surface area (TPSA) is 76.9 Å². The highest BCUT2D eigenvalue weighted by molar-refractivity contribution is 7.99. The number of aromatic nitrogens is 3. The van der Waals surface area contributed by atoms with Crippen molar-refractivity contribution in [2.45, 2.75) is 36.9 Å². The van der Waals surface area contributed by atoms with Crippen molar-refractivity contribution in [3.63, 3.8) is 0 Å². The van der Waals surface area contributed by atoms with E-state index in [0.717, 1.165) is 25.7 Å². The van der Waals surface area contributed by atoms with E-state index in [9.17, 15) is 14.0 Å². The van der Waals surface area contributed by atoms with Crippen molar-refractivity contribution in [1.82, 2.24) is 14.5 Å². The molecule has 0 bridgehead atoms. The fraction of sp³-hybridized carbons (Fsp3) is 0.273. The molecule has 9 heteroatoms. The van der Waals surface area contributed by atoms with Crippen molar-refractivity contribution in [3.05, 3.63) is 58.6 Å². The molecule has 5 rings (SSSR count). The molecule has 0 unspecified atom stereocenters. The zero-order valence-corrected chi connectivity index (χ0v) is 18.1. The van der Waals surface area contributed by atoms with Gasteiger partial charge in [-0.05, 0) is 43.2 Å². The standard InChI is InChI=1S/C22H19FN4O2S2/c23-13-9-10-17-18(11-13)31-21(24-17)26-19(28)12-30-22-25-16-8-4-3-7-15(16)20(29)27(22)14-5-1-2-6-14/h3-4,7-11,14H,1-2,5-6,12H2,(H,24,26,28). The zero-order chi connectivity index (χ0) is 21.4. The third-order valence-electron chi connectivity index (χ3n) is 5.39. The Morgan fingerprint density at radius 1 is 1.16 bits per heavy atom. The number of nitrogens with zero attached hydrogens (tertiary/aromatic N) is 3. The van der Waals surface area contributed by atoms with Crippen LogP contribution >= 0.6 is 23.1 Å². The molecular weight excluding hydrogens is 435 g/mol. The minimum Gasteiger partial charge on any atom is -0.301 e. The molecule has 0 spiro atoms. The normalized spacial score (nSPS) is 14.5. The number of halogens is 1. The maximum atomic E-state index is 13.4. The molecule has 6 nitrogen and oxygen atoms in total. The summed E-state index contributed by atoms with van der Waals surface area (Å²) in [7, 11) is 0. The van der Waals surface area contributed by atoms with Crippen molar-refractivity contribution in [2.24, 2.45) is 0 Å². The summed E-state index contributed by atoms with van der Waals surface area (Å²) in [6.07, 6.45) is 4.07. The van der Waals surface area contributed by atoms with E-state index in [4.69, 9.17) is 4.98 Å². The molecule has 0 atom stereocenters. The molecule has 158 valence electrons. The summed E-state index contributed by atoms with van der Waals surface area (Å²) in [5.41, 5.74) is 1.23. The molecule has 2 aromatic heterocycles. The largest absolute Gasteiger partial charge is 0.301 e. The van der Waals surface area contributed by atoms with Crippen LogP contribution in [0.4, 0.5) is 9.52 Å². The summed E-state index contributed by atoms with van der Waals surface area (Å²) >= 11 is 2.48. The minimum absolute atomic E-state index is 0.0476. The van der Waals surface area contributed by atoms with Gasteiger partial charge in [-0.3, -0.25) is 14.2 Å². The van der Waals surface area contributed by atoms with Gasteiger partial charge in [0.05, 0.1) is 26.9 Å². The number of nitrogens with one attached hydrogen (secondary N) is 1. The predicted molar refractivity (Wildman–Crippen MR) is 122 cm³/mol. The van der Waals surface area contributed by atoms with E-state index < -0.39 is 0 Å². The minimum atomic E-state index is -0.336. The summed E-state index contributed by atoms with van der Waals surface area (Å²) in [4.78, 5) is 34.7. The first-order chi connectivity index (χ1) is 15.1. The summed E-state index contributed by atoms with van der Waals surface area (Å²) in [6, 6.07) is 11.8. The van der Waals surface area contributed by atoms with Gasteiger partial charge in [-0.25, -0.2) is 14.4 Å². The van der Waals surface area contributed by atoms with Crippen molar-refractivity contribution < 1.29 is 9.18 Å². The summed E-state index contributed by atoms with van der Waals surface area (Å²) < 4.78 is 15.8. The Bertz CT molecular complexity index is 1340. The Morgan fingerprint density at radius 3 is 2.81 bits per heavy atom. The number of fused-ring (bicyclic) bond motifs is 2. The molecule has 1 N–H and O–H groups in total. The number of amides is 1. The Kier molecular flexibility index (Phi) is 5.45. The van der Waals surface area contributed by atoms with Crippen LogP contribution in [0.15, 0.2) is 52.4 Å². The molecule has 4 aromatic rings. The molecule has 1 amide bonds. The highest BCUT2D eigenvalue weighted by Crippen LogP contribution is 2.32. The van der Waals surface area contributed by atoms with E-state index in [1.807, 2.05) is 18.2 Å². The molecule has 1 aliphatic rings. The highest BCUT2D eigenvalue weighted by Gasteiger charge is 2.23. The molecule has 1 fully saturated rings. The second-order valence-corrected chi connectivity index (χ2v) is 9.47. The lowest BCUT2D eigenvalue weighted by atomic mass is 10.2. The second kappa shape index (κ2) is 8.39. The van der Waals surface area contributed by atoms with Crippen LogP contribution in [-0.4, -0.2) is 26.2 Å². The monoisotopic (exact) mass is 454 g/mol. The number of carbonyl (C=O) groups excluding carboxylic acids is 1. The molecule has 2 heterocycles. The molecule has 31 heavy (non-hydrogen) atoms. The molecule has 1 saturated carbocycles. The first kappa shape index (κ1) is 20.1. The van der Waals surface area contributed by atoms with Crippen molar-refractivity contribution in [1.29, 1.82) is 0 Å². The van der Waals surface area contributed by atoms with Gasteiger partial charge < -0.3 is 5.32 Å². The number of hydrogen-bond acceptors (Lipinski definition) is 6. The quantitative estimate of drug-likeness (QED) is 0.340. The smallest absolute Gasteiger partial charge is 0.262 e. The molecule has 2 aromatic carbocycles. The van der Waals surface area contributed by atoms with Gasteiger partial charge in [0, 0.05) is 6.04 Å². The molecule has 0 aliphatic heterocycles. The fourth-order valence-electron chi connectivity index (χ4n) is 3.95. The lowest BCUT2D eigenvalue weighted by Crippen LogP contribution is -2.27. The van der Waals surface area contributed by atoms with Gasteiger partial charge in [0.2, 0.25) is 5.91 Å². The first-order valence-corrected chi connectivity index (χ1v) is 11.9. The average Bonchev–Trinajstić information content (AvgIpc) is 3.41. The lowest BCUT2D eigenvalue weighted by molar-refractivity contribution is -0.113. The fourth-order valence-corrected chi connectivity index (χ4v) is 5.72. The van der Waals surface area contributed by atoms with E-state index in [1.54, 1.807) is 16.7 Å². The van der Waals surface area contributed by atoms with Crippen LogP contribution in [0.25, 0.3) is 21.1 Å². The maximum Gasteiger partial charge on any atom is 0.262 e. The number of carbonyl (C=O) groups is 1. The number of thioether (sulfide) groups is 1. The van der Waals surface area contributed by atoms with Crippen molar-refractivity contribution in [2.75, 3.05) is 11.1 Å². The predicted octanol–water partition coefficient (Wildman–Crippen LogP) is 4.99. The molecule has 0 saturated heterocycles. The number of benzene rings is 2. The molecular formula is C22H19FN4O2S2. The van der Waals surface area contributed by atoms with Crippen LogP contribution in [0.3, 0.4) is 0 Å². The number of rotatable bonds is 5. The third kappa shape index (κ3) is 4.07. The van der Waals surface area contributed by atoms with Crippen LogP contribution < -0.4 is 10.9 Å². The second-order valence-electron chi connectivity index (χ2n) is 7.49. The van der Waals surface area contributed by atoms with Gasteiger partial charge in [0.15, 0.2) is 10.3 Å². The number of thiazole rings is 1. The SMILES string of the molecule is O=C(CSc1nc2ccccc2c(=O)n1C1CCCC1)Nc1nc2ccc(F)cc2s1. The van der Waals surface area contributed by atoms with E-state index in [0.29, 0.717) is 31.4 Å². The van der Waals surface area contributed by atoms with Crippen LogP contribution in [0.1, 0.15) is 31.7 Å². The third-order valence-corrected chi connectivity index (χ3v) is 7.28. The van der Waals surface area contributed by atoms with Crippen LogP contribution in [0.2, 0.25) is 0 Å². The van der Waals surface area contributed by atoms with E-state index in [2.05, 4.69) is 10.3 Å². The number of para-hydroxylation sites is 1. The van der Waals surface area contributed by atoms with E-state index in [1.165, 1.54) is 35.2 Å². The summed E-state index contributed by atoms with van der Waals surface area (Å²) in [6.45, 7) is 0. The Balaban J connectivity index is 1.38. The Hall–Kier alpha value is -2.78. The van der Waals surface area contributed by atoms with Gasteiger partial charge in [0.25, 0.3) is 5.56 Å². The zero-order valence-electron chi connectivity index (χ0n) is 16.5. The van der Waals surface area contributed by atoms with Gasteiger partial charge in [-0.1, -0.05) is 48.1 Å². The van der Waals surface area contributed by atoms with Crippen LogP contribution in [0.5, 0.6) is 0 Å². The Labute approximate surface area is 185 Å². The van der Waals surface area contributed by atoms with Crippen molar-refractivity contribution >= 4 is 55.3 Å². The lowest BCUT2D eigenvalue weighted by Gasteiger charge is -2.18. The van der Waals surface area contributed by atoms with Gasteiger partial charge >= 0.3 is 0 Å². The first-order valence-electron chi connectivity index (χ1n) is 10.1. The highest BCUT2D eigenvalue weighted by atomic mass is 32.2. The van der Waals surface area contributed by atoms with Crippen molar-refractivity contribution in [3.8, 4) is 0 Å². The van der Waals surface area contributed by atoms with Crippen LogP contribution in [-0.2, 0) is 4.79 Å². The van der Waals surface area contributed by atoms with E-state index >= 15 is 0 Å². The maximum absolute atomic E-state index is 13.4. The van der Waals surface area contributed by atoms with Crippen LogP contribution in [0, 0.1) is 5.82 Å². The summed E-state index contributed by atoms with van der Waals surface area (Å²) in [5.74, 6) is -0.483. The van der Waals surface area contributed by atoms with Gasteiger partial charge in [0.1, 0.15) is 5.82 Å². The van der Waals surface area contributed by atoms with Gasteiger partial charge in [-0.2, -0.15) is 0 Å². The number of anilines is 1. The molecule has 1 aliphatic carbocycles. The van der Waals surface area contributed by atoms with E-state index in [-0.39, 0.29) is 29.1 Å².